The van der Waals surface area contributed by atoms with Crippen LogP contribution in [0.25, 0.3) is 0 Å². The van der Waals surface area contributed by atoms with E-state index >= 15 is 0 Å². The first-order chi connectivity index (χ1) is 11.0. The summed E-state index contributed by atoms with van der Waals surface area (Å²) < 4.78 is 40.7. The quantitative estimate of drug-likeness (QED) is 0.564. The second-order valence-corrected chi connectivity index (χ2v) is 7.36. The van der Waals surface area contributed by atoms with Gasteiger partial charge in [-0.3, -0.25) is 4.79 Å². The molecule has 2 unspecified atom stereocenters. The summed E-state index contributed by atoms with van der Waals surface area (Å²) in [5.74, 6) is 3.69. The van der Waals surface area contributed by atoms with E-state index in [1.807, 2.05) is 5.92 Å². The highest BCUT2D eigenvalue weighted by Crippen LogP contribution is 2.43. The Morgan fingerprint density at radius 2 is 2.08 bits per heavy atom. The standard InChI is InChI=1S/C16H14BrClF3NO2/c1-9(17)14(23)22-13-5-4-11(18)8-12(13)15(24,16(19,20)21)7-6-10-2-3-10/h4-5,8-10,24H,2-3H2,1H3,(H,22,23). The largest absolute Gasteiger partial charge is 0.433 e. The summed E-state index contributed by atoms with van der Waals surface area (Å²) in [5.41, 5.74) is -4.21. The number of benzene rings is 1. The smallest absolute Gasteiger partial charge is 0.366 e. The van der Waals surface area contributed by atoms with Gasteiger partial charge in [-0.2, -0.15) is 13.2 Å². The predicted octanol–water partition coefficient (Wildman–Crippen LogP) is 4.23. The Morgan fingerprint density at radius 3 is 2.58 bits per heavy atom. The van der Waals surface area contributed by atoms with E-state index in [2.05, 4.69) is 27.2 Å². The van der Waals surface area contributed by atoms with Crippen LogP contribution in [0.2, 0.25) is 5.02 Å². The van der Waals surface area contributed by atoms with Crippen molar-refractivity contribution in [1.82, 2.24) is 0 Å². The van der Waals surface area contributed by atoms with Crippen molar-refractivity contribution in [2.45, 2.75) is 36.4 Å². The van der Waals surface area contributed by atoms with Crippen molar-refractivity contribution in [3.8, 4) is 11.8 Å². The van der Waals surface area contributed by atoms with Crippen molar-refractivity contribution in [2.75, 3.05) is 5.32 Å². The first-order valence-electron chi connectivity index (χ1n) is 7.11. The molecule has 0 saturated heterocycles. The Morgan fingerprint density at radius 1 is 1.46 bits per heavy atom. The maximum Gasteiger partial charge on any atom is 0.433 e. The van der Waals surface area contributed by atoms with Crippen molar-refractivity contribution in [1.29, 1.82) is 0 Å². The summed E-state index contributed by atoms with van der Waals surface area (Å²) in [6.45, 7) is 1.52. The molecule has 1 aromatic rings. The van der Waals surface area contributed by atoms with E-state index in [9.17, 15) is 23.1 Å². The minimum atomic E-state index is -5.06. The lowest BCUT2D eigenvalue weighted by Gasteiger charge is -2.28. The van der Waals surface area contributed by atoms with Crippen molar-refractivity contribution in [3.05, 3.63) is 28.8 Å². The van der Waals surface area contributed by atoms with Crippen LogP contribution in [-0.4, -0.2) is 22.0 Å². The third-order valence-corrected chi connectivity index (χ3v) is 4.09. The molecule has 2 atom stereocenters. The lowest BCUT2D eigenvalue weighted by Crippen LogP contribution is -2.42. The number of hydrogen-bond acceptors (Lipinski definition) is 2. The molecule has 130 valence electrons. The van der Waals surface area contributed by atoms with E-state index in [-0.39, 0.29) is 16.6 Å². The number of anilines is 1. The molecule has 2 rings (SSSR count). The molecule has 1 aliphatic carbocycles. The van der Waals surface area contributed by atoms with E-state index in [0.717, 1.165) is 6.07 Å². The summed E-state index contributed by atoms with van der Waals surface area (Å²) in [4.78, 5) is 11.2. The van der Waals surface area contributed by atoms with Gasteiger partial charge in [-0.05, 0) is 38.0 Å². The van der Waals surface area contributed by atoms with Crippen LogP contribution in [0.5, 0.6) is 0 Å². The van der Waals surface area contributed by atoms with Crippen LogP contribution in [0.4, 0.5) is 18.9 Å². The summed E-state index contributed by atoms with van der Waals surface area (Å²) >= 11 is 8.83. The molecule has 2 N–H and O–H groups in total. The fraction of sp³-hybridized carbons (Fsp3) is 0.438. The van der Waals surface area contributed by atoms with Crippen LogP contribution in [0.1, 0.15) is 25.3 Å². The van der Waals surface area contributed by atoms with Crippen LogP contribution in [-0.2, 0) is 10.4 Å². The minimum absolute atomic E-state index is 0.00853. The number of carbonyl (C=O) groups excluding carboxylic acids is 1. The van der Waals surface area contributed by atoms with E-state index < -0.39 is 28.1 Å². The van der Waals surface area contributed by atoms with E-state index in [1.165, 1.54) is 19.1 Å². The first-order valence-corrected chi connectivity index (χ1v) is 8.40. The lowest BCUT2D eigenvalue weighted by atomic mass is 9.91. The molecule has 3 nitrogen and oxygen atoms in total. The highest BCUT2D eigenvalue weighted by Gasteiger charge is 2.55. The van der Waals surface area contributed by atoms with Crippen molar-refractivity contribution >= 4 is 39.1 Å². The van der Waals surface area contributed by atoms with Crippen molar-refractivity contribution in [3.63, 3.8) is 0 Å². The Balaban J connectivity index is 2.54. The first kappa shape index (κ1) is 19.1. The van der Waals surface area contributed by atoms with Gasteiger partial charge in [0.25, 0.3) is 0 Å². The molecular formula is C16H14BrClF3NO2. The Bertz CT molecular complexity index is 707. The zero-order valence-electron chi connectivity index (χ0n) is 12.5. The number of nitrogens with one attached hydrogen (secondary N) is 1. The van der Waals surface area contributed by atoms with Gasteiger partial charge < -0.3 is 10.4 Å². The van der Waals surface area contributed by atoms with Gasteiger partial charge in [0.15, 0.2) is 0 Å². The van der Waals surface area contributed by atoms with Gasteiger partial charge in [0, 0.05) is 22.2 Å². The second-order valence-electron chi connectivity index (χ2n) is 5.55. The van der Waals surface area contributed by atoms with Crippen LogP contribution in [0, 0.1) is 17.8 Å². The predicted molar refractivity (Wildman–Crippen MR) is 88.9 cm³/mol. The van der Waals surface area contributed by atoms with Crippen LogP contribution < -0.4 is 5.32 Å². The number of amides is 1. The highest BCUT2D eigenvalue weighted by molar-refractivity contribution is 9.10. The molecule has 1 fully saturated rings. The Kier molecular flexibility index (Phi) is 5.53. The van der Waals surface area contributed by atoms with Gasteiger partial charge in [0.2, 0.25) is 11.5 Å². The van der Waals surface area contributed by atoms with E-state index in [0.29, 0.717) is 12.8 Å². The highest BCUT2D eigenvalue weighted by atomic mass is 79.9. The number of hydrogen-bond donors (Lipinski definition) is 2. The number of alkyl halides is 4. The van der Waals surface area contributed by atoms with Crippen LogP contribution in [0.15, 0.2) is 18.2 Å². The van der Waals surface area contributed by atoms with E-state index in [1.54, 1.807) is 0 Å². The molecule has 0 bridgehead atoms. The minimum Gasteiger partial charge on any atom is -0.366 e. The normalized spacial score (nSPS) is 18.1. The van der Waals surface area contributed by atoms with Gasteiger partial charge >= 0.3 is 6.18 Å². The zero-order chi connectivity index (χ0) is 18.1. The molecule has 24 heavy (non-hydrogen) atoms. The summed E-state index contributed by atoms with van der Waals surface area (Å²) in [7, 11) is 0. The fourth-order valence-electron chi connectivity index (χ4n) is 1.88. The van der Waals surface area contributed by atoms with Crippen LogP contribution >= 0.6 is 27.5 Å². The maximum atomic E-state index is 13.6. The summed E-state index contributed by atoms with van der Waals surface area (Å²) in [5, 5.41) is 12.7. The molecule has 1 aromatic carbocycles. The number of halogens is 5. The molecule has 1 amide bonds. The molecule has 0 aromatic heterocycles. The molecule has 0 aliphatic heterocycles. The van der Waals surface area contributed by atoms with Gasteiger partial charge in [0.1, 0.15) is 0 Å². The van der Waals surface area contributed by atoms with Crippen LogP contribution in [0.3, 0.4) is 0 Å². The lowest BCUT2D eigenvalue weighted by molar-refractivity contribution is -0.240. The average molecular weight is 425 g/mol. The molecule has 8 heteroatoms. The molecule has 1 saturated carbocycles. The zero-order valence-corrected chi connectivity index (χ0v) is 14.9. The molecule has 0 radical (unpaired) electrons. The van der Waals surface area contributed by atoms with E-state index in [4.69, 9.17) is 11.6 Å². The van der Waals surface area contributed by atoms with Crippen molar-refractivity contribution in [2.24, 2.45) is 5.92 Å². The maximum absolute atomic E-state index is 13.6. The second kappa shape index (κ2) is 6.95. The molecule has 0 spiro atoms. The average Bonchev–Trinajstić information content (AvgIpc) is 3.29. The number of aliphatic hydroxyl groups is 1. The SMILES string of the molecule is CC(Br)C(=O)Nc1ccc(Cl)cc1C(O)(C#CC1CC1)C(F)(F)F. The number of rotatable bonds is 3. The molecule has 1 aliphatic rings. The Labute approximate surface area is 150 Å². The third-order valence-electron chi connectivity index (χ3n) is 3.44. The Hall–Kier alpha value is -1.23. The van der Waals surface area contributed by atoms with Crippen molar-refractivity contribution < 1.29 is 23.1 Å². The number of carbonyl (C=O) groups is 1. The van der Waals surface area contributed by atoms with Gasteiger partial charge in [-0.15, -0.1) is 0 Å². The molecular weight excluding hydrogens is 411 g/mol. The molecule has 0 heterocycles. The fourth-order valence-corrected chi connectivity index (χ4v) is 2.17. The summed E-state index contributed by atoms with van der Waals surface area (Å²) in [6, 6.07) is 3.50. The van der Waals surface area contributed by atoms with Gasteiger partial charge in [-0.1, -0.05) is 39.4 Å². The van der Waals surface area contributed by atoms with Gasteiger partial charge in [0.05, 0.1) is 4.83 Å². The topological polar surface area (TPSA) is 49.3 Å². The third kappa shape index (κ3) is 4.24. The summed E-state index contributed by atoms with van der Waals surface area (Å²) in [6.07, 6.45) is -3.64. The van der Waals surface area contributed by atoms with Gasteiger partial charge in [-0.25, -0.2) is 0 Å². The monoisotopic (exact) mass is 423 g/mol.